The fourth-order valence-corrected chi connectivity index (χ4v) is 0.692. The average Bonchev–Trinajstić information content (AvgIpc) is 1.95. The number of hydrogen-bond acceptors (Lipinski definition) is 3. The highest BCUT2D eigenvalue weighted by Gasteiger charge is 1.90. The second-order valence-electron chi connectivity index (χ2n) is 2.18. The molecule has 1 N–H and O–H groups in total. The zero-order chi connectivity index (χ0) is 7.40. The molecule has 1 aromatic rings. The van der Waals surface area contributed by atoms with Gasteiger partial charge in [-0.3, -0.25) is 9.97 Å². The van der Waals surface area contributed by atoms with Crippen molar-refractivity contribution in [1.82, 2.24) is 15.3 Å². The van der Waals surface area contributed by atoms with Crippen LogP contribution in [0.1, 0.15) is 11.4 Å². The Bertz CT molecular complexity index is 200. The third-order valence-electron chi connectivity index (χ3n) is 1.19. The molecule has 0 saturated carbocycles. The summed E-state index contributed by atoms with van der Waals surface area (Å²) in [4.78, 5) is 8.24. The maximum absolute atomic E-state index is 4.14. The van der Waals surface area contributed by atoms with E-state index in [4.69, 9.17) is 0 Å². The van der Waals surface area contributed by atoms with Gasteiger partial charge in [-0.05, 0) is 14.0 Å². The lowest BCUT2D eigenvalue weighted by molar-refractivity contribution is 0.781. The predicted molar refractivity (Wildman–Crippen MR) is 54.0 cm³/mol. The number of hydrogen-bond donors (Lipinski definition) is 1. The Kier molecular flexibility index (Phi) is 8.59. The molecule has 0 unspecified atom stereocenters. The van der Waals surface area contributed by atoms with E-state index in [1.165, 1.54) is 0 Å². The molecular weight excluding hydrogens is 197 g/mol. The molecule has 0 radical (unpaired) electrons. The molecule has 1 aromatic heterocycles. The summed E-state index contributed by atoms with van der Waals surface area (Å²) in [6.07, 6.45) is 3.55. The van der Waals surface area contributed by atoms with Gasteiger partial charge < -0.3 is 5.32 Å². The molecule has 3 nitrogen and oxygen atoms in total. The van der Waals surface area contributed by atoms with E-state index in [0.717, 1.165) is 17.9 Å². The van der Waals surface area contributed by atoms with Crippen molar-refractivity contribution in [2.24, 2.45) is 0 Å². The maximum atomic E-state index is 4.14. The summed E-state index contributed by atoms with van der Waals surface area (Å²) in [6.45, 7) is 2.71. The molecular formula is C7H13Cl2N3. The minimum Gasteiger partial charge on any atom is -0.314 e. The minimum atomic E-state index is 0. The molecule has 0 atom stereocenters. The first-order valence-corrected chi connectivity index (χ1v) is 3.25. The topological polar surface area (TPSA) is 37.8 Å². The second kappa shape index (κ2) is 7.28. The largest absolute Gasteiger partial charge is 0.314 e. The van der Waals surface area contributed by atoms with Gasteiger partial charge in [-0.25, -0.2) is 0 Å². The molecule has 12 heavy (non-hydrogen) atoms. The van der Waals surface area contributed by atoms with Crippen molar-refractivity contribution in [2.75, 3.05) is 7.05 Å². The Morgan fingerprint density at radius 1 is 1.25 bits per heavy atom. The minimum absolute atomic E-state index is 0. The van der Waals surface area contributed by atoms with Crippen molar-refractivity contribution >= 4 is 24.8 Å². The van der Waals surface area contributed by atoms with Gasteiger partial charge in [0.25, 0.3) is 0 Å². The van der Waals surface area contributed by atoms with Crippen LogP contribution in [0.25, 0.3) is 0 Å². The van der Waals surface area contributed by atoms with Crippen molar-refractivity contribution in [2.45, 2.75) is 13.5 Å². The van der Waals surface area contributed by atoms with Crippen LogP contribution in [0.3, 0.4) is 0 Å². The van der Waals surface area contributed by atoms with Gasteiger partial charge in [-0.2, -0.15) is 0 Å². The number of halogens is 2. The average molecular weight is 210 g/mol. The Balaban J connectivity index is 0. The molecule has 0 aromatic carbocycles. The van der Waals surface area contributed by atoms with Gasteiger partial charge in [-0.15, -0.1) is 24.8 Å². The Labute approximate surface area is 84.8 Å². The van der Waals surface area contributed by atoms with Crippen molar-refractivity contribution in [1.29, 1.82) is 0 Å². The van der Waals surface area contributed by atoms with Crippen LogP contribution in [0, 0.1) is 6.92 Å². The Morgan fingerprint density at radius 3 is 2.33 bits per heavy atom. The van der Waals surface area contributed by atoms with Gasteiger partial charge in [0.2, 0.25) is 0 Å². The van der Waals surface area contributed by atoms with Crippen LogP contribution in [0.15, 0.2) is 12.4 Å². The molecule has 5 heteroatoms. The van der Waals surface area contributed by atoms with Gasteiger partial charge in [0, 0.05) is 18.9 Å². The Morgan fingerprint density at radius 2 is 1.92 bits per heavy atom. The third-order valence-corrected chi connectivity index (χ3v) is 1.19. The standard InChI is InChI=1S/C7H11N3.2ClH/c1-6-3-10-7(4-8-2)5-9-6;;/h3,5,8H,4H2,1-2H3;2*1H. The second-order valence-corrected chi connectivity index (χ2v) is 2.18. The first kappa shape index (κ1) is 14.2. The van der Waals surface area contributed by atoms with Crippen molar-refractivity contribution < 1.29 is 0 Å². The lowest BCUT2D eigenvalue weighted by atomic mass is 10.4. The van der Waals surface area contributed by atoms with Crippen LogP contribution in [0.5, 0.6) is 0 Å². The molecule has 1 heterocycles. The van der Waals surface area contributed by atoms with E-state index in [1.54, 1.807) is 12.4 Å². The van der Waals surface area contributed by atoms with Crippen LogP contribution in [0.2, 0.25) is 0 Å². The fraction of sp³-hybridized carbons (Fsp3) is 0.429. The van der Waals surface area contributed by atoms with E-state index in [0.29, 0.717) is 0 Å². The fourth-order valence-electron chi connectivity index (χ4n) is 0.692. The van der Waals surface area contributed by atoms with E-state index < -0.39 is 0 Å². The molecule has 0 aliphatic carbocycles. The summed E-state index contributed by atoms with van der Waals surface area (Å²) in [5.74, 6) is 0. The SMILES string of the molecule is CNCc1cnc(C)cn1.Cl.Cl. The van der Waals surface area contributed by atoms with Crippen molar-refractivity contribution in [3.63, 3.8) is 0 Å². The summed E-state index contributed by atoms with van der Waals surface area (Å²) in [5.41, 5.74) is 1.94. The molecule has 0 saturated heterocycles. The molecule has 0 aliphatic rings. The number of nitrogens with one attached hydrogen (secondary N) is 1. The van der Waals surface area contributed by atoms with E-state index in [9.17, 15) is 0 Å². The van der Waals surface area contributed by atoms with E-state index in [2.05, 4.69) is 15.3 Å². The van der Waals surface area contributed by atoms with Gasteiger partial charge in [-0.1, -0.05) is 0 Å². The number of aryl methyl sites for hydroxylation is 1. The van der Waals surface area contributed by atoms with E-state index in [1.807, 2.05) is 14.0 Å². The summed E-state index contributed by atoms with van der Waals surface area (Å²) in [7, 11) is 1.89. The first-order chi connectivity index (χ1) is 4.83. The molecule has 0 aliphatic heterocycles. The smallest absolute Gasteiger partial charge is 0.0724 e. The van der Waals surface area contributed by atoms with Crippen LogP contribution < -0.4 is 5.32 Å². The molecule has 0 spiro atoms. The molecule has 0 fully saturated rings. The summed E-state index contributed by atoms with van der Waals surface area (Å²) >= 11 is 0. The number of nitrogens with zero attached hydrogens (tertiary/aromatic N) is 2. The monoisotopic (exact) mass is 209 g/mol. The quantitative estimate of drug-likeness (QED) is 0.800. The normalized spacial score (nSPS) is 8.17. The lowest BCUT2D eigenvalue weighted by Gasteiger charge is -1.96. The van der Waals surface area contributed by atoms with Crippen molar-refractivity contribution in [3.8, 4) is 0 Å². The van der Waals surface area contributed by atoms with Gasteiger partial charge in [0.15, 0.2) is 0 Å². The van der Waals surface area contributed by atoms with Crippen LogP contribution in [-0.4, -0.2) is 17.0 Å². The molecule has 0 bridgehead atoms. The van der Waals surface area contributed by atoms with Crippen LogP contribution in [-0.2, 0) is 6.54 Å². The number of rotatable bonds is 2. The van der Waals surface area contributed by atoms with Gasteiger partial charge in [0.05, 0.1) is 11.4 Å². The highest BCUT2D eigenvalue weighted by atomic mass is 35.5. The zero-order valence-corrected chi connectivity index (χ0v) is 8.71. The third kappa shape index (κ3) is 4.49. The molecule has 0 amide bonds. The molecule has 1 rings (SSSR count). The highest BCUT2D eigenvalue weighted by molar-refractivity contribution is 5.85. The summed E-state index contributed by atoms with van der Waals surface area (Å²) < 4.78 is 0. The van der Waals surface area contributed by atoms with Gasteiger partial charge >= 0.3 is 0 Å². The zero-order valence-electron chi connectivity index (χ0n) is 7.07. The maximum Gasteiger partial charge on any atom is 0.0724 e. The summed E-state index contributed by atoms with van der Waals surface area (Å²) in [5, 5.41) is 3.00. The Hall–Kier alpha value is -0.380. The summed E-state index contributed by atoms with van der Waals surface area (Å²) in [6, 6.07) is 0. The van der Waals surface area contributed by atoms with E-state index >= 15 is 0 Å². The van der Waals surface area contributed by atoms with Crippen LogP contribution in [0.4, 0.5) is 0 Å². The predicted octanol–water partition coefficient (Wildman–Crippen LogP) is 1.35. The van der Waals surface area contributed by atoms with Crippen LogP contribution >= 0.6 is 24.8 Å². The number of aromatic nitrogens is 2. The lowest BCUT2D eigenvalue weighted by Crippen LogP contribution is -2.07. The van der Waals surface area contributed by atoms with Gasteiger partial charge in [0.1, 0.15) is 0 Å². The van der Waals surface area contributed by atoms with Crippen molar-refractivity contribution in [3.05, 3.63) is 23.8 Å². The van der Waals surface area contributed by atoms with E-state index in [-0.39, 0.29) is 24.8 Å². The first-order valence-electron chi connectivity index (χ1n) is 3.25. The molecule has 70 valence electrons. The highest BCUT2D eigenvalue weighted by Crippen LogP contribution is 1.91.